The number of aryl methyl sites for hydroxylation is 1. The molecule has 0 radical (unpaired) electrons. The molecule has 0 fully saturated rings. The molecule has 0 aliphatic carbocycles. The third-order valence-corrected chi connectivity index (χ3v) is 10.4. The number of thiophene rings is 1. The van der Waals surface area contributed by atoms with E-state index in [4.69, 9.17) is 6.57 Å². The lowest BCUT2D eigenvalue weighted by Crippen LogP contribution is -2.28. The van der Waals surface area contributed by atoms with Gasteiger partial charge in [-0.05, 0) is 67.6 Å². The van der Waals surface area contributed by atoms with E-state index < -0.39 is 21.4 Å². The summed E-state index contributed by atoms with van der Waals surface area (Å²) in [4.78, 5) is 20.2. The fraction of sp³-hybridized carbons (Fsp3) is 0.114. The number of hydrogen-bond acceptors (Lipinski definition) is 5. The van der Waals surface area contributed by atoms with Gasteiger partial charge in [-0.2, -0.15) is 11.3 Å². The molecule has 1 N–H and O–H groups in total. The summed E-state index contributed by atoms with van der Waals surface area (Å²) in [5.74, 6) is -0.966. The molecule has 0 aliphatic heterocycles. The first-order valence-corrected chi connectivity index (χ1v) is 16.1. The molecule has 0 atom stereocenters. The normalized spacial score (nSPS) is 11.9. The van der Waals surface area contributed by atoms with Crippen LogP contribution in [0.4, 0.5) is 5.00 Å². The summed E-state index contributed by atoms with van der Waals surface area (Å²) in [5.41, 5.74) is 4.63. The highest BCUT2D eigenvalue weighted by Gasteiger charge is 2.31. The number of benzene rings is 3. The maximum atomic E-state index is 14.5. The van der Waals surface area contributed by atoms with Crippen LogP contribution in [0.1, 0.15) is 25.0 Å². The minimum Gasteiger partial charge on any atom is -0.481 e. The van der Waals surface area contributed by atoms with Crippen molar-refractivity contribution in [2.45, 2.75) is 31.1 Å². The van der Waals surface area contributed by atoms with Gasteiger partial charge in [0.2, 0.25) is 5.00 Å². The fourth-order valence-corrected chi connectivity index (χ4v) is 7.53. The zero-order valence-electron chi connectivity index (χ0n) is 24.1. The van der Waals surface area contributed by atoms with Gasteiger partial charge in [-0.25, -0.2) is 17.2 Å². The molecule has 3 aromatic carbocycles. The second-order valence-corrected chi connectivity index (χ2v) is 13.7. The lowest BCUT2D eigenvalue weighted by Gasteiger charge is -2.20. The summed E-state index contributed by atoms with van der Waals surface area (Å²) in [5, 5.41) is 12.8. The number of nitrogens with zero attached hydrogens (tertiary/aromatic N) is 3. The Hall–Kier alpha value is -5.04. The quantitative estimate of drug-likeness (QED) is 0.181. The van der Waals surface area contributed by atoms with E-state index >= 15 is 0 Å². The van der Waals surface area contributed by atoms with Gasteiger partial charge in [0, 0.05) is 40.0 Å². The molecular weight excluding hydrogens is 591 g/mol. The van der Waals surface area contributed by atoms with Crippen LogP contribution in [0.2, 0.25) is 0 Å². The van der Waals surface area contributed by atoms with Crippen LogP contribution in [-0.4, -0.2) is 28.5 Å². The number of carboxylic acids is 1. The molecule has 0 spiro atoms. The molecule has 3 aromatic heterocycles. The summed E-state index contributed by atoms with van der Waals surface area (Å²) < 4.78 is 30.4. The Morgan fingerprint density at radius 2 is 1.66 bits per heavy atom. The van der Waals surface area contributed by atoms with Crippen molar-refractivity contribution in [2.75, 3.05) is 0 Å². The number of carboxylic acid groups (broad SMARTS) is 1. The minimum atomic E-state index is -4.10. The molecule has 6 aromatic rings. The van der Waals surface area contributed by atoms with Crippen molar-refractivity contribution in [2.24, 2.45) is 0 Å². The van der Waals surface area contributed by atoms with Gasteiger partial charge in [0.25, 0.3) is 10.0 Å². The molecule has 3 heterocycles. The van der Waals surface area contributed by atoms with E-state index in [-0.39, 0.29) is 4.90 Å². The minimum absolute atomic E-state index is 0.149. The lowest BCUT2D eigenvalue weighted by atomic mass is 9.84. The van der Waals surface area contributed by atoms with Crippen LogP contribution >= 0.6 is 11.3 Å². The van der Waals surface area contributed by atoms with E-state index in [0.717, 1.165) is 11.1 Å². The number of fused-ring (bicyclic) bond motifs is 1. The standard InChI is InChI=1S/C35H27N3O4S2/c1-22-12-14-27(15-13-22)44(41,42)38-30-11-6-5-10-28(30)31(29-16-17-43-33(29)36-4)32(38)24-9-7-8-23(18-24)25-19-26(21-37-20-25)35(2,3)34(39)40/h5-21H,1-3H3,(H,39,40). The highest BCUT2D eigenvalue weighted by molar-refractivity contribution is 7.90. The second-order valence-electron chi connectivity index (χ2n) is 11.0. The average Bonchev–Trinajstić information content (AvgIpc) is 3.64. The van der Waals surface area contributed by atoms with Crippen molar-refractivity contribution in [1.82, 2.24) is 8.96 Å². The first-order chi connectivity index (χ1) is 21.0. The molecule has 0 aliphatic rings. The number of pyridine rings is 1. The first-order valence-electron chi connectivity index (χ1n) is 13.7. The van der Waals surface area contributed by atoms with E-state index in [9.17, 15) is 18.3 Å². The number of hydrogen-bond donors (Lipinski definition) is 1. The Bertz CT molecular complexity index is 2220. The summed E-state index contributed by atoms with van der Waals surface area (Å²) in [7, 11) is -4.10. The van der Waals surface area contributed by atoms with Crippen molar-refractivity contribution in [3.05, 3.63) is 125 Å². The lowest BCUT2D eigenvalue weighted by molar-refractivity contribution is -0.142. The third kappa shape index (κ3) is 4.78. The number of rotatable bonds is 7. The summed E-state index contributed by atoms with van der Waals surface area (Å²) in [6.45, 7) is 13.0. The summed E-state index contributed by atoms with van der Waals surface area (Å²) in [6, 6.07) is 25.2. The van der Waals surface area contributed by atoms with Crippen LogP contribution in [0.3, 0.4) is 0 Å². The Morgan fingerprint density at radius 1 is 0.932 bits per heavy atom. The van der Waals surface area contributed by atoms with Crippen LogP contribution in [0.25, 0.3) is 49.3 Å². The van der Waals surface area contributed by atoms with Crippen LogP contribution in [0, 0.1) is 13.5 Å². The number of para-hydroxylation sites is 1. The molecule has 0 bridgehead atoms. The number of aliphatic carboxylic acids is 1. The Balaban J connectivity index is 1.67. The van der Waals surface area contributed by atoms with Gasteiger partial charge < -0.3 is 5.11 Å². The maximum absolute atomic E-state index is 14.5. The fourth-order valence-electron chi connectivity index (χ4n) is 5.30. The Kier molecular flexibility index (Phi) is 7.20. The molecule has 0 saturated heterocycles. The monoisotopic (exact) mass is 617 g/mol. The molecule has 7 nitrogen and oxygen atoms in total. The van der Waals surface area contributed by atoms with Crippen molar-refractivity contribution < 1.29 is 18.3 Å². The van der Waals surface area contributed by atoms with Crippen LogP contribution in [-0.2, 0) is 20.2 Å². The smallest absolute Gasteiger partial charge is 0.313 e. The van der Waals surface area contributed by atoms with Crippen molar-refractivity contribution in [3.8, 4) is 33.5 Å². The number of aromatic nitrogens is 2. The molecule has 218 valence electrons. The van der Waals surface area contributed by atoms with Crippen molar-refractivity contribution in [1.29, 1.82) is 0 Å². The van der Waals surface area contributed by atoms with Crippen LogP contribution in [0.15, 0.2) is 108 Å². The molecule has 44 heavy (non-hydrogen) atoms. The Labute approximate surface area is 259 Å². The third-order valence-electron chi connectivity index (χ3n) is 7.87. The van der Waals surface area contributed by atoms with Gasteiger partial charge in [-0.1, -0.05) is 60.2 Å². The van der Waals surface area contributed by atoms with E-state index in [1.807, 2.05) is 54.8 Å². The predicted molar refractivity (Wildman–Crippen MR) is 175 cm³/mol. The van der Waals surface area contributed by atoms with Crippen molar-refractivity contribution >= 4 is 43.2 Å². The van der Waals surface area contributed by atoms with Gasteiger partial charge in [-0.15, -0.1) is 0 Å². The number of carbonyl (C=O) groups is 1. The maximum Gasteiger partial charge on any atom is 0.313 e. The van der Waals surface area contributed by atoms with Crippen LogP contribution in [0.5, 0.6) is 0 Å². The van der Waals surface area contributed by atoms with E-state index in [1.165, 1.54) is 15.3 Å². The van der Waals surface area contributed by atoms with Gasteiger partial charge in [0.15, 0.2) is 0 Å². The molecule has 0 amide bonds. The SMILES string of the molecule is [C-]#[N+]c1sccc1-c1c(-c2cccc(-c3cncc(C(C)(C)C(=O)O)c3)c2)n(S(=O)(=O)c2ccc(C)cc2)c2ccccc12. The highest BCUT2D eigenvalue weighted by atomic mass is 32.2. The highest BCUT2D eigenvalue weighted by Crippen LogP contribution is 2.48. The Morgan fingerprint density at radius 3 is 2.39 bits per heavy atom. The predicted octanol–water partition coefficient (Wildman–Crippen LogP) is 8.56. The summed E-state index contributed by atoms with van der Waals surface area (Å²) in [6.07, 6.45) is 3.21. The molecule has 9 heteroatoms. The van der Waals surface area contributed by atoms with Gasteiger partial charge >= 0.3 is 5.97 Å². The zero-order chi connectivity index (χ0) is 31.2. The van der Waals surface area contributed by atoms with E-state index in [1.54, 1.807) is 68.7 Å². The summed E-state index contributed by atoms with van der Waals surface area (Å²) >= 11 is 1.31. The van der Waals surface area contributed by atoms with Gasteiger partial charge in [0.05, 0.1) is 28.1 Å². The van der Waals surface area contributed by atoms with E-state index in [2.05, 4.69) is 9.83 Å². The molecule has 0 unspecified atom stereocenters. The second kappa shape index (κ2) is 10.9. The average molecular weight is 618 g/mol. The molecular formula is C35H27N3O4S2. The van der Waals surface area contributed by atoms with Gasteiger partial charge in [0.1, 0.15) is 0 Å². The first kappa shape index (κ1) is 29.1. The van der Waals surface area contributed by atoms with E-state index in [0.29, 0.717) is 49.4 Å². The zero-order valence-corrected chi connectivity index (χ0v) is 25.8. The molecule has 0 saturated carbocycles. The largest absolute Gasteiger partial charge is 0.481 e. The van der Waals surface area contributed by atoms with Gasteiger partial charge in [-0.3, -0.25) is 9.78 Å². The topological polar surface area (TPSA) is 93.6 Å². The van der Waals surface area contributed by atoms with Crippen molar-refractivity contribution in [3.63, 3.8) is 0 Å². The molecule has 6 rings (SSSR count). The van der Waals surface area contributed by atoms with Crippen LogP contribution < -0.4 is 0 Å².